The molecule has 4 rings (SSSR count). The van der Waals surface area contributed by atoms with E-state index in [1.165, 1.54) is 21.6 Å². The van der Waals surface area contributed by atoms with E-state index in [1.807, 2.05) is 17.0 Å². The van der Waals surface area contributed by atoms with Crippen LogP contribution in [-0.2, 0) is 9.59 Å². The van der Waals surface area contributed by atoms with Gasteiger partial charge in [0.2, 0.25) is 11.8 Å². The Balaban J connectivity index is 1.21. The summed E-state index contributed by atoms with van der Waals surface area (Å²) in [5.74, 6) is 1.04. The second-order valence-electron chi connectivity index (χ2n) is 7.01. The fourth-order valence-corrected chi connectivity index (χ4v) is 4.28. The predicted octanol–water partition coefficient (Wildman–Crippen LogP) is 3.15. The third-order valence-corrected chi connectivity index (χ3v) is 5.85. The minimum Gasteiger partial charge on any atom is -0.352 e. The molecule has 2 aromatic heterocycles. The number of hydrogen-bond acceptors (Lipinski definition) is 6. The summed E-state index contributed by atoms with van der Waals surface area (Å²) in [4.78, 5) is 32.6. The Labute approximate surface area is 173 Å². The summed E-state index contributed by atoms with van der Waals surface area (Å²) < 4.78 is 5.79. The summed E-state index contributed by atoms with van der Waals surface area (Å²) in [6, 6.07) is 11.8. The minimum atomic E-state index is -0.0916. The Bertz CT molecular complexity index is 983. The molecule has 1 aliphatic heterocycles. The largest absolute Gasteiger partial charge is 0.352 e. The first-order valence-electron chi connectivity index (χ1n) is 9.78. The standard InChI is InChI=1S/C21H23N5O2S/c27-19(23-16-5-4-10-22-15-16)8-3-9-20(28)25-11-13-26(14-12-25)21-17-6-1-2-7-18(17)29-24-21/h1-2,4-7,10,15H,3,8-9,11-14H2,(H,23,27). The highest BCUT2D eigenvalue weighted by Gasteiger charge is 2.23. The Morgan fingerprint density at radius 1 is 1.03 bits per heavy atom. The lowest BCUT2D eigenvalue weighted by molar-refractivity contribution is -0.131. The lowest BCUT2D eigenvalue weighted by Gasteiger charge is -2.35. The molecule has 0 aliphatic carbocycles. The molecule has 1 fully saturated rings. The van der Waals surface area contributed by atoms with Crippen molar-refractivity contribution in [1.82, 2.24) is 14.3 Å². The van der Waals surface area contributed by atoms with Gasteiger partial charge in [0.15, 0.2) is 0 Å². The molecule has 0 atom stereocenters. The topological polar surface area (TPSA) is 78.4 Å². The molecule has 2 amide bonds. The first-order chi connectivity index (χ1) is 14.2. The maximum Gasteiger partial charge on any atom is 0.224 e. The van der Waals surface area contributed by atoms with Gasteiger partial charge in [0.1, 0.15) is 5.82 Å². The van der Waals surface area contributed by atoms with Crippen molar-refractivity contribution in [2.75, 3.05) is 36.4 Å². The van der Waals surface area contributed by atoms with E-state index in [1.54, 1.807) is 24.5 Å². The fraction of sp³-hybridized carbons (Fsp3) is 0.333. The number of carbonyl (C=O) groups excluding carboxylic acids is 2. The highest BCUT2D eigenvalue weighted by Crippen LogP contribution is 2.29. The Morgan fingerprint density at radius 2 is 1.86 bits per heavy atom. The van der Waals surface area contributed by atoms with Crippen molar-refractivity contribution in [1.29, 1.82) is 0 Å². The molecule has 7 nitrogen and oxygen atoms in total. The van der Waals surface area contributed by atoms with Crippen molar-refractivity contribution in [2.45, 2.75) is 19.3 Å². The molecule has 1 aliphatic rings. The smallest absolute Gasteiger partial charge is 0.224 e. The van der Waals surface area contributed by atoms with E-state index in [4.69, 9.17) is 0 Å². The van der Waals surface area contributed by atoms with Gasteiger partial charge in [-0.05, 0) is 42.2 Å². The number of aromatic nitrogens is 2. The molecule has 150 valence electrons. The highest BCUT2D eigenvalue weighted by atomic mass is 32.1. The number of amides is 2. The molecule has 0 radical (unpaired) electrons. The summed E-state index contributed by atoms with van der Waals surface area (Å²) in [6.07, 6.45) is 4.52. The Morgan fingerprint density at radius 3 is 2.66 bits per heavy atom. The number of nitrogens with one attached hydrogen (secondary N) is 1. The molecule has 1 saturated heterocycles. The van der Waals surface area contributed by atoms with Crippen molar-refractivity contribution in [3.8, 4) is 0 Å². The van der Waals surface area contributed by atoms with E-state index in [2.05, 4.69) is 31.7 Å². The van der Waals surface area contributed by atoms with Crippen LogP contribution in [0.3, 0.4) is 0 Å². The molecule has 0 saturated carbocycles. The van der Waals surface area contributed by atoms with Crippen molar-refractivity contribution in [3.63, 3.8) is 0 Å². The molecular formula is C21H23N5O2S. The highest BCUT2D eigenvalue weighted by molar-refractivity contribution is 7.13. The summed E-state index contributed by atoms with van der Waals surface area (Å²) in [7, 11) is 0. The average Bonchev–Trinajstić information content (AvgIpc) is 3.19. The van der Waals surface area contributed by atoms with Gasteiger partial charge < -0.3 is 15.1 Å². The second kappa shape index (κ2) is 9.00. The van der Waals surface area contributed by atoms with Crippen LogP contribution in [-0.4, -0.2) is 52.3 Å². The van der Waals surface area contributed by atoms with Crippen LogP contribution in [0.2, 0.25) is 0 Å². The summed E-state index contributed by atoms with van der Waals surface area (Å²) in [5.41, 5.74) is 0.675. The van der Waals surface area contributed by atoms with Gasteiger partial charge >= 0.3 is 0 Å². The minimum absolute atomic E-state index is 0.0916. The predicted molar refractivity (Wildman–Crippen MR) is 115 cm³/mol. The van der Waals surface area contributed by atoms with Crippen LogP contribution in [0.15, 0.2) is 48.8 Å². The van der Waals surface area contributed by atoms with Crippen LogP contribution in [0.25, 0.3) is 10.1 Å². The molecule has 1 N–H and O–H groups in total. The molecule has 3 aromatic rings. The maximum atomic E-state index is 12.5. The SMILES string of the molecule is O=C(CCCC(=O)N1CCN(c2nsc3ccccc23)CC1)Nc1cccnc1. The van der Waals surface area contributed by atoms with Gasteiger partial charge in [-0.3, -0.25) is 14.6 Å². The van der Waals surface area contributed by atoms with E-state index >= 15 is 0 Å². The van der Waals surface area contributed by atoms with E-state index < -0.39 is 0 Å². The number of piperazine rings is 1. The van der Waals surface area contributed by atoms with Crippen LogP contribution in [0.4, 0.5) is 11.5 Å². The van der Waals surface area contributed by atoms with E-state index in [0.29, 0.717) is 38.0 Å². The average molecular weight is 410 g/mol. The molecule has 29 heavy (non-hydrogen) atoms. The van der Waals surface area contributed by atoms with E-state index in [9.17, 15) is 9.59 Å². The molecular weight excluding hydrogens is 386 g/mol. The number of hydrogen-bond donors (Lipinski definition) is 1. The van der Waals surface area contributed by atoms with Gasteiger partial charge in [0.05, 0.1) is 16.6 Å². The molecule has 8 heteroatoms. The Hall–Kier alpha value is -3.00. The molecule has 0 bridgehead atoms. The van der Waals surface area contributed by atoms with Gasteiger partial charge in [0, 0.05) is 50.6 Å². The van der Waals surface area contributed by atoms with Crippen molar-refractivity contribution in [2.24, 2.45) is 0 Å². The maximum absolute atomic E-state index is 12.5. The molecule has 0 unspecified atom stereocenters. The van der Waals surface area contributed by atoms with E-state index in [-0.39, 0.29) is 11.8 Å². The summed E-state index contributed by atoms with van der Waals surface area (Å²) >= 11 is 1.51. The van der Waals surface area contributed by atoms with Crippen LogP contribution in [0.5, 0.6) is 0 Å². The second-order valence-corrected chi connectivity index (χ2v) is 7.82. The lowest BCUT2D eigenvalue weighted by Crippen LogP contribution is -2.48. The number of anilines is 2. The van der Waals surface area contributed by atoms with Gasteiger partial charge in [-0.25, -0.2) is 0 Å². The third kappa shape index (κ3) is 4.71. The third-order valence-electron chi connectivity index (χ3n) is 5.03. The van der Waals surface area contributed by atoms with Crippen LogP contribution in [0, 0.1) is 0 Å². The number of pyridine rings is 1. The zero-order valence-electron chi connectivity index (χ0n) is 16.1. The normalized spacial score (nSPS) is 14.2. The van der Waals surface area contributed by atoms with Gasteiger partial charge in [0.25, 0.3) is 0 Å². The zero-order chi connectivity index (χ0) is 20.1. The zero-order valence-corrected chi connectivity index (χ0v) is 16.9. The molecule has 0 spiro atoms. The van der Waals surface area contributed by atoms with Gasteiger partial charge in [-0.2, -0.15) is 4.37 Å². The fourth-order valence-electron chi connectivity index (χ4n) is 3.49. The summed E-state index contributed by atoms with van der Waals surface area (Å²) in [6.45, 7) is 2.93. The quantitative estimate of drug-likeness (QED) is 0.677. The number of carbonyl (C=O) groups is 2. The van der Waals surface area contributed by atoms with Crippen molar-refractivity contribution >= 4 is 44.9 Å². The monoisotopic (exact) mass is 409 g/mol. The van der Waals surface area contributed by atoms with Crippen LogP contribution >= 0.6 is 11.5 Å². The summed E-state index contributed by atoms with van der Waals surface area (Å²) in [5, 5.41) is 3.97. The van der Waals surface area contributed by atoms with Gasteiger partial charge in [-0.15, -0.1) is 0 Å². The number of nitrogens with zero attached hydrogens (tertiary/aromatic N) is 4. The van der Waals surface area contributed by atoms with Crippen molar-refractivity contribution < 1.29 is 9.59 Å². The van der Waals surface area contributed by atoms with Crippen molar-refractivity contribution in [3.05, 3.63) is 48.8 Å². The lowest BCUT2D eigenvalue weighted by atomic mass is 10.2. The number of fused-ring (bicyclic) bond motifs is 1. The first-order valence-corrected chi connectivity index (χ1v) is 10.5. The molecule has 3 heterocycles. The molecule has 1 aromatic carbocycles. The Kier molecular flexibility index (Phi) is 6.00. The number of rotatable bonds is 6. The number of benzene rings is 1. The van der Waals surface area contributed by atoms with Gasteiger partial charge in [-0.1, -0.05) is 12.1 Å². The first kappa shape index (κ1) is 19.3. The van der Waals surface area contributed by atoms with E-state index in [0.717, 1.165) is 18.9 Å². The van der Waals surface area contributed by atoms with Crippen LogP contribution in [0.1, 0.15) is 19.3 Å². The van der Waals surface area contributed by atoms with Crippen LogP contribution < -0.4 is 10.2 Å².